The molecular formula is C27H33N7O2. The third-order valence-corrected chi connectivity index (χ3v) is 6.95. The van der Waals surface area contributed by atoms with Crippen molar-refractivity contribution >= 4 is 22.9 Å². The smallest absolute Gasteiger partial charge is 0.320 e. The Labute approximate surface area is 211 Å². The summed E-state index contributed by atoms with van der Waals surface area (Å²) in [6, 6.07) is 13.8. The number of hydrogen-bond acceptors (Lipinski definition) is 5. The minimum absolute atomic E-state index is 0.0689. The van der Waals surface area contributed by atoms with Crippen LogP contribution in [0, 0.1) is 12.8 Å². The third kappa shape index (κ3) is 4.72. The molecule has 4 heterocycles. The zero-order valence-electron chi connectivity index (χ0n) is 21.2. The zero-order chi connectivity index (χ0) is 25.2. The first-order valence-electron chi connectivity index (χ1n) is 12.3. The minimum Gasteiger partial charge on any atom is -0.383 e. The van der Waals surface area contributed by atoms with Crippen molar-refractivity contribution < 1.29 is 9.53 Å². The molecule has 0 unspecified atom stereocenters. The lowest BCUT2D eigenvalue weighted by Gasteiger charge is -2.18. The first kappa shape index (κ1) is 24.0. The molecule has 1 saturated heterocycles. The van der Waals surface area contributed by atoms with Crippen LogP contribution >= 0.6 is 0 Å². The van der Waals surface area contributed by atoms with E-state index in [0.29, 0.717) is 18.3 Å². The van der Waals surface area contributed by atoms with E-state index >= 15 is 0 Å². The minimum atomic E-state index is -0.233. The molecule has 9 heteroatoms. The number of hydrogen-bond donors (Lipinski definition) is 2. The van der Waals surface area contributed by atoms with Gasteiger partial charge in [0.1, 0.15) is 11.5 Å². The Morgan fingerprint density at radius 3 is 2.78 bits per heavy atom. The Hall–Kier alpha value is -3.69. The van der Waals surface area contributed by atoms with Crippen molar-refractivity contribution in [3.05, 3.63) is 60.4 Å². The predicted octanol–water partition coefficient (Wildman–Crippen LogP) is 3.82. The molecule has 4 aromatic rings. The van der Waals surface area contributed by atoms with Crippen molar-refractivity contribution in [2.24, 2.45) is 13.0 Å². The number of carbonyl (C=O) groups is 1. The average molecular weight is 488 g/mol. The van der Waals surface area contributed by atoms with E-state index in [0.717, 1.165) is 53.2 Å². The summed E-state index contributed by atoms with van der Waals surface area (Å²) in [5.74, 6) is 0.996. The number of rotatable bonds is 7. The molecule has 2 atom stereocenters. The van der Waals surface area contributed by atoms with Gasteiger partial charge in [-0.1, -0.05) is 25.1 Å². The molecule has 188 valence electrons. The molecule has 1 fully saturated rings. The molecule has 9 nitrogen and oxygen atoms in total. The van der Waals surface area contributed by atoms with Gasteiger partial charge in [-0.05, 0) is 37.1 Å². The number of carbonyl (C=O) groups excluding carboxylic acids is 1. The summed E-state index contributed by atoms with van der Waals surface area (Å²) in [6.45, 7) is 7.45. The maximum Gasteiger partial charge on any atom is 0.320 e. The van der Waals surface area contributed by atoms with Crippen molar-refractivity contribution in [2.45, 2.75) is 19.9 Å². The summed E-state index contributed by atoms with van der Waals surface area (Å²) in [6.07, 6.45) is 3.83. The van der Waals surface area contributed by atoms with Crippen LogP contribution in [0.5, 0.6) is 0 Å². The number of methoxy groups -OCH3 is 1. The summed E-state index contributed by atoms with van der Waals surface area (Å²) in [7, 11) is 3.69. The van der Waals surface area contributed by atoms with E-state index in [1.54, 1.807) is 11.8 Å². The fraction of sp³-hybridized carbons (Fsp3) is 0.370. The molecule has 0 spiro atoms. The second kappa shape index (κ2) is 10.1. The Morgan fingerprint density at radius 2 is 2.00 bits per heavy atom. The summed E-state index contributed by atoms with van der Waals surface area (Å²) in [5.41, 5.74) is 4.36. The van der Waals surface area contributed by atoms with Gasteiger partial charge in [0.05, 0.1) is 18.0 Å². The van der Waals surface area contributed by atoms with Gasteiger partial charge in [-0.2, -0.15) is 5.10 Å². The Kier molecular flexibility index (Phi) is 6.75. The fourth-order valence-corrected chi connectivity index (χ4v) is 4.93. The highest BCUT2D eigenvalue weighted by Gasteiger charge is 2.31. The van der Waals surface area contributed by atoms with Crippen LogP contribution in [-0.4, -0.2) is 69.7 Å². The van der Waals surface area contributed by atoms with E-state index in [9.17, 15) is 4.79 Å². The second-order valence-corrected chi connectivity index (χ2v) is 9.57. The van der Waals surface area contributed by atoms with Gasteiger partial charge < -0.3 is 14.6 Å². The number of nitrogens with zero attached hydrogens (tertiary/aromatic N) is 5. The maximum atomic E-state index is 13.2. The number of aromatic nitrogens is 4. The quantitative estimate of drug-likeness (QED) is 0.414. The van der Waals surface area contributed by atoms with E-state index in [-0.39, 0.29) is 12.1 Å². The van der Waals surface area contributed by atoms with Gasteiger partial charge in [0.25, 0.3) is 0 Å². The van der Waals surface area contributed by atoms with Crippen molar-refractivity contribution in [3.63, 3.8) is 0 Å². The molecular weight excluding hydrogens is 454 g/mol. The van der Waals surface area contributed by atoms with Crippen LogP contribution in [0.15, 0.2) is 54.9 Å². The molecule has 1 aromatic carbocycles. The molecule has 0 saturated carbocycles. The molecule has 2 N–H and O–H groups in total. The van der Waals surface area contributed by atoms with Crippen molar-refractivity contribution in [1.29, 1.82) is 0 Å². The summed E-state index contributed by atoms with van der Waals surface area (Å²) in [5, 5.41) is 12.2. The first-order chi connectivity index (χ1) is 17.4. The van der Waals surface area contributed by atoms with E-state index < -0.39 is 0 Å². The number of fused-ring (bicyclic) bond motifs is 1. The molecule has 1 aliphatic rings. The number of urea groups is 1. The van der Waals surface area contributed by atoms with E-state index in [4.69, 9.17) is 9.84 Å². The number of nitrogens with one attached hydrogen (secondary N) is 2. The van der Waals surface area contributed by atoms with Crippen LogP contribution < -0.4 is 10.6 Å². The van der Waals surface area contributed by atoms with Crippen LogP contribution in [0.2, 0.25) is 0 Å². The Morgan fingerprint density at radius 1 is 1.19 bits per heavy atom. The van der Waals surface area contributed by atoms with Crippen LogP contribution in [0.25, 0.3) is 28.0 Å². The summed E-state index contributed by atoms with van der Waals surface area (Å²) >= 11 is 0. The highest BCUT2D eigenvalue weighted by atomic mass is 16.5. The third-order valence-electron chi connectivity index (χ3n) is 6.95. The Bertz CT molecular complexity index is 1360. The van der Waals surface area contributed by atoms with Crippen LogP contribution in [0.3, 0.4) is 0 Å². The lowest BCUT2D eigenvalue weighted by molar-refractivity contribution is 0.158. The largest absolute Gasteiger partial charge is 0.383 e. The van der Waals surface area contributed by atoms with Crippen molar-refractivity contribution in [2.75, 3.05) is 38.7 Å². The molecule has 36 heavy (non-hydrogen) atoms. The van der Waals surface area contributed by atoms with Gasteiger partial charge in [-0.25, -0.2) is 14.5 Å². The SMILES string of the molecule is COCCN1C[C@@H](C)[C@H](NC(=O)Nc2c(C)c(-c3cnc4c(ccn4C)c3)nn2-c2ccccc2)C1. The fourth-order valence-electron chi connectivity index (χ4n) is 4.93. The standard InChI is InChI=1S/C27H33N7O2/c1-18-16-33(12-13-36-4)17-23(18)29-27(35)30-25-19(2)24(31-34(25)22-8-6-5-7-9-22)21-14-20-10-11-32(3)26(20)28-15-21/h5-11,14-15,18,23H,12-13,16-17H2,1-4H3,(H2,29,30,35)/t18-,23-/m1/s1. The second-order valence-electron chi connectivity index (χ2n) is 9.57. The van der Waals surface area contributed by atoms with Gasteiger partial charge in [0, 0.05) is 68.7 Å². The van der Waals surface area contributed by atoms with Crippen LogP contribution in [-0.2, 0) is 11.8 Å². The van der Waals surface area contributed by atoms with Gasteiger partial charge in [0.15, 0.2) is 0 Å². The molecule has 1 aliphatic heterocycles. The number of aryl methyl sites for hydroxylation is 1. The summed E-state index contributed by atoms with van der Waals surface area (Å²) < 4.78 is 9.00. The van der Waals surface area contributed by atoms with Gasteiger partial charge in [-0.3, -0.25) is 10.2 Å². The number of amides is 2. The molecule has 2 amide bonds. The lowest BCUT2D eigenvalue weighted by atomic mass is 10.1. The highest BCUT2D eigenvalue weighted by Crippen LogP contribution is 2.31. The van der Waals surface area contributed by atoms with Crippen molar-refractivity contribution in [1.82, 2.24) is 29.5 Å². The van der Waals surface area contributed by atoms with Crippen LogP contribution in [0.4, 0.5) is 10.6 Å². The normalized spacial score (nSPS) is 18.1. The van der Waals surface area contributed by atoms with E-state index in [1.165, 1.54) is 0 Å². The molecule has 5 rings (SSSR count). The van der Waals surface area contributed by atoms with Crippen LogP contribution in [0.1, 0.15) is 12.5 Å². The number of ether oxygens (including phenoxy) is 1. The first-order valence-corrected chi connectivity index (χ1v) is 12.3. The van der Waals surface area contributed by atoms with E-state index in [2.05, 4.69) is 33.5 Å². The predicted molar refractivity (Wildman–Crippen MR) is 141 cm³/mol. The highest BCUT2D eigenvalue weighted by molar-refractivity contribution is 5.91. The van der Waals surface area contributed by atoms with Gasteiger partial charge in [-0.15, -0.1) is 0 Å². The monoisotopic (exact) mass is 487 g/mol. The van der Waals surface area contributed by atoms with Gasteiger partial charge in [0.2, 0.25) is 0 Å². The number of likely N-dealkylation sites (tertiary alicyclic amines) is 1. The molecule has 0 bridgehead atoms. The molecule has 0 aliphatic carbocycles. The van der Waals surface area contributed by atoms with E-state index in [1.807, 2.05) is 67.3 Å². The Balaban J connectivity index is 1.43. The van der Waals surface area contributed by atoms with Gasteiger partial charge >= 0.3 is 6.03 Å². The number of para-hydroxylation sites is 1. The summed E-state index contributed by atoms with van der Waals surface area (Å²) in [4.78, 5) is 20.1. The topological polar surface area (TPSA) is 89.2 Å². The average Bonchev–Trinajstić information content (AvgIpc) is 3.53. The molecule has 3 aromatic heterocycles. The van der Waals surface area contributed by atoms with Crippen molar-refractivity contribution in [3.8, 4) is 16.9 Å². The zero-order valence-corrected chi connectivity index (χ0v) is 21.2. The maximum absolute atomic E-state index is 13.2. The number of benzene rings is 1. The number of anilines is 1. The lowest BCUT2D eigenvalue weighted by Crippen LogP contribution is -2.42. The number of pyridine rings is 1. The molecule has 0 radical (unpaired) electrons.